The van der Waals surface area contributed by atoms with Gasteiger partial charge in [-0.05, 0) is 43.6 Å². The van der Waals surface area contributed by atoms with Gasteiger partial charge < -0.3 is 10.2 Å². The molecule has 0 aliphatic rings. The molecule has 0 unspecified atom stereocenters. The van der Waals surface area contributed by atoms with Crippen molar-refractivity contribution < 1.29 is 10.2 Å². The van der Waals surface area contributed by atoms with Crippen LogP contribution in [0.1, 0.15) is 25.2 Å². The van der Waals surface area contributed by atoms with Gasteiger partial charge in [0.25, 0.3) is 0 Å². The van der Waals surface area contributed by atoms with Gasteiger partial charge in [0, 0.05) is 30.3 Å². The van der Waals surface area contributed by atoms with Crippen molar-refractivity contribution in [1.29, 1.82) is 0 Å². The Labute approximate surface area is 138 Å². The molecule has 3 aromatic heterocycles. The quantitative estimate of drug-likeness (QED) is 0.716. The predicted octanol–water partition coefficient (Wildman–Crippen LogP) is 2.23. The number of fused-ring (bicyclic) bond motifs is 1. The van der Waals surface area contributed by atoms with E-state index in [0.29, 0.717) is 23.6 Å². The van der Waals surface area contributed by atoms with Crippen molar-refractivity contribution in [2.75, 3.05) is 6.61 Å². The van der Waals surface area contributed by atoms with Gasteiger partial charge in [0.15, 0.2) is 5.65 Å². The molecule has 0 radical (unpaired) electrons. The van der Waals surface area contributed by atoms with Crippen molar-refractivity contribution in [2.24, 2.45) is 0 Å². The Balaban J connectivity index is 2.25. The normalized spacial score (nSPS) is 12.0. The maximum absolute atomic E-state index is 10.2. The van der Waals surface area contributed by atoms with E-state index in [0.717, 1.165) is 11.1 Å². The average molecular weight is 333 g/mol. The minimum Gasteiger partial charge on any atom is -0.396 e. The highest BCUT2D eigenvalue weighted by atomic mass is 35.5. The van der Waals surface area contributed by atoms with E-state index in [1.165, 1.54) is 0 Å². The first kappa shape index (κ1) is 15.9. The highest BCUT2D eigenvalue weighted by Gasteiger charge is 2.20. The molecule has 0 atom stereocenters. The minimum atomic E-state index is -1.05. The molecule has 3 heterocycles. The van der Waals surface area contributed by atoms with Crippen molar-refractivity contribution in [1.82, 2.24) is 19.5 Å². The summed E-state index contributed by atoms with van der Waals surface area (Å²) in [6, 6.07) is 7.32. The molecular weight excluding hydrogens is 316 g/mol. The molecule has 0 aromatic carbocycles. The van der Waals surface area contributed by atoms with Crippen LogP contribution in [0.4, 0.5) is 0 Å². The molecule has 2 N–H and O–H groups in total. The Morgan fingerprint density at radius 1 is 1.26 bits per heavy atom. The van der Waals surface area contributed by atoms with Gasteiger partial charge in [-0.25, -0.2) is 9.97 Å². The fourth-order valence-corrected chi connectivity index (χ4v) is 2.59. The molecule has 3 rings (SSSR count). The Bertz CT molecular complexity index is 855. The Morgan fingerprint density at radius 2 is 2.04 bits per heavy atom. The second kappa shape index (κ2) is 5.88. The lowest BCUT2D eigenvalue weighted by Gasteiger charge is -2.18. The first-order valence-electron chi connectivity index (χ1n) is 7.24. The maximum atomic E-state index is 10.2. The van der Waals surface area contributed by atoms with Gasteiger partial charge in [-0.15, -0.1) is 0 Å². The highest BCUT2D eigenvalue weighted by Crippen LogP contribution is 2.25. The van der Waals surface area contributed by atoms with Crippen molar-refractivity contribution in [3.63, 3.8) is 0 Å². The zero-order chi connectivity index (χ0) is 16.6. The number of halogens is 1. The van der Waals surface area contributed by atoms with Gasteiger partial charge in [-0.1, -0.05) is 6.07 Å². The molecule has 0 spiro atoms. The molecular formula is C16H17ClN4O2. The largest absolute Gasteiger partial charge is 0.396 e. The summed E-state index contributed by atoms with van der Waals surface area (Å²) < 4.78 is 1.83. The molecule has 0 aliphatic heterocycles. The molecule has 0 aliphatic carbocycles. The Morgan fingerprint density at radius 3 is 2.74 bits per heavy atom. The number of hydrogen-bond acceptors (Lipinski definition) is 5. The summed E-state index contributed by atoms with van der Waals surface area (Å²) in [7, 11) is 0. The van der Waals surface area contributed by atoms with E-state index in [4.69, 9.17) is 11.6 Å². The Kier molecular flexibility index (Phi) is 4.06. The van der Waals surface area contributed by atoms with Gasteiger partial charge in [0.2, 0.25) is 5.28 Å². The van der Waals surface area contributed by atoms with E-state index in [1.807, 2.05) is 22.8 Å². The topological polar surface area (TPSA) is 84.1 Å². The van der Waals surface area contributed by atoms with Gasteiger partial charge in [-0.3, -0.25) is 4.57 Å². The first-order chi connectivity index (χ1) is 10.9. The highest BCUT2D eigenvalue weighted by molar-refractivity contribution is 6.28. The van der Waals surface area contributed by atoms with Crippen LogP contribution in [0.2, 0.25) is 5.28 Å². The summed E-state index contributed by atoms with van der Waals surface area (Å²) in [5, 5.41) is 20.5. The zero-order valence-corrected chi connectivity index (χ0v) is 13.6. The van der Waals surface area contributed by atoms with Crippen LogP contribution >= 0.6 is 11.6 Å². The van der Waals surface area contributed by atoms with Crippen LogP contribution in [0, 0.1) is 0 Å². The molecule has 0 saturated carbocycles. The second-order valence-corrected chi connectivity index (χ2v) is 6.14. The van der Waals surface area contributed by atoms with Crippen LogP contribution < -0.4 is 0 Å². The van der Waals surface area contributed by atoms with E-state index in [9.17, 15) is 10.2 Å². The van der Waals surface area contributed by atoms with Gasteiger partial charge in [-0.2, -0.15) is 4.98 Å². The fraction of sp³-hybridized carbons (Fsp3) is 0.312. The number of aromatic nitrogens is 4. The molecule has 120 valence electrons. The van der Waals surface area contributed by atoms with Crippen LogP contribution in [0.5, 0.6) is 0 Å². The summed E-state index contributed by atoms with van der Waals surface area (Å²) in [5.74, 6) is 0.609. The molecule has 0 bridgehead atoms. The lowest BCUT2D eigenvalue weighted by molar-refractivity contribution is 0.0738. The monoisotopic (exact) mass is 332 g/mol. The molecule has 23 heavy (non-hydrogen) atoms. The van der Waals surface area contributed by atoms with Crippen molar-refractivity contribution >= 4 is 22.6 Å². The van der Waals surface area contributed by atoms with Crippen LogP contribution in [-0.4, -0.2) is 36.3 Å². The van der Waals surface area contributed by atoms with E-state index in [-0.39, 0.29) is 11.9 Å². The molecule has 6 nitrogen and oxygen atoms in total. The fourth-order valence-electron chi connectivity index (χ4n) is 2.47. The van der Waals surface area contributed by atoms with E-state index in [2.05, 4.69) is 15.0 Å². The van der Waals surface area contributed by atoms with E-state index < -0.39 is 5.60 Å². The third-order valence-electron chi connectivity index (χ3n) is 3.55. The smallest absolute Gasteiger partial charge is 0.224 e. The second-order valence-electron chi connectivity index (χ2n) is 5.80. The van der Waals surface area contributed by atoms with Crippen molar-refractivity contribution in [2.45, 2.75) is 25.9 Å². The average Bonchev–Trinajstić information content (AvgIpc) is 2.84. The number of nitrogens with zero attached hydrogens (tertiary/aromatic N) is 4. The minimum absolute atomic E-state index is 0.00265. The van der Waals surface area contributed by atoms with E-state index >= 15 is 0 Å². The summed E-state index contributed by atoms with van der Waals surface area (Å²) in [5.41, 5.74) is 0.961. The predicted molar refractivity (Wildman–Crippen MR) is 87.7 cm³/mol. The number of hydrogen-bond donors (Lipinski definition) is 2. The summed E-state index contributed by atoms with van der Waals surface area (Å²) in [6.07, 6.45) is 2.09. The van der Waals surface area contributed by atoms with Crippen LogP contribution in [-0.2, 0) is 12.0 Å². The molecule has 0 fully saturated rings. The number of aliphatic hydroxyl groups excluding tert-OH is 1. The maximum Gasteiger partial charge on any atom is 0.224 e. The van der Waals surface area contributed by atoms with Crippen LogP contribution in [0.15, 0.2) is 30.5 Å². The van der Waals surface area contributed by atoms with Gasteiger partial charge in [0.1, 0.15) is 11.4 Å². The summed E-state index contributed by atoms with van der Waals surface area (Å²) >= 11 is 5.92. The SMILES string of the molecule is CC(C)(O)c1cccc(-n2c(CCO)cc3cnc(Cl)nc32)n1. The molecule has 7 heteroatoms. The third kappa shape index (κ3) is 3.06. The van der Waals surface area contributed by atoms with E-state index in [1.54, 1.807) is 26.1 Å². The Hall–Kier alpha value is -2.02. The van der Waals surface area contributed by atoms with Gasteiger partial charge >= 0.3 is 0 Å². The number of aliphatic hydroxyl groups is 2. The summed E-state index contributed by atoms with van der Waals surface area (Å²) in [4.78, 5) is 12.8. The number of pyridine rings is 1. The molecule has 0 saturated heterocycles. The van der Waals surface area contributed by atoms with Crippen LogP contribution in [0.3, 0.4) is 0 Å². The lowest BCUT2D eigenvalue weighted by atomic mass is 10.1. The first-order valence-corrected chi connectivity index (χ1v) is 7.62. The van der Waals surface area contributed by atoms with Gasteiger partial charge in [0.05, 0.1) is 5.69 Å². The lowest BCUT2D eigenvalue weighted by Crippen LogP contribution is -2.18. The van der Waals surface area contributed by atoms with Crippen LogP contribution in [0.25, 0.3) is 16.9 Å². The standard InChI is InChI=1S/C16H17ClN4O2/c1-16(2,23)12-4-3-5-13(19-12)21-11(6-7-22)8-10-9-18-15(17)20-14(10)21/h3-5,8-9,22-23H,6-7H2,1-2H3. The van der Waals surface area contributed by atoms with Crippen molar-refractivity contribution in [3.05, 3.63) is 47.1 Å². The molecule has 3 aromatic rings. The van der Waals surface area contributed by atoms with Crippen molar-refractivity contribution in [3.8, 4) is 5.82 Å². The molecule has 0 amide bonds. The number of rotatable bonds is 4. The summed E-state index contributed by atoms with van der Waals surface area (Å²) in [6.45, 7) is 3.36. The third-order valence-corrected chi connectivity index (χ3v) is 3.73. The zero-order valence-electron chi connectivity index (χ0n) is 12.9.